The van der Waals surface area contributed by atoms with Crippen LogP contribution in [0.1, 0.15) is 23.2 Å². The molecule has 35 heavy (non-hydrogen) atoms. The molecule has 0 radical (unpaired) electrons. The van der Waals surface area contributed by atoms with E-state index in [1.54, 1.807) is 40.0 Å². The van der Waals surface area contributed by atoms with Crippen LogP contribution in [0.2, 0.25) is 0 Å². The maximum Gasteiger partial charge on any atom is 0.488 e. The summed E-state index contributed by atoms with van der Waals surface area (Å²) in [5.41, 5.74) is 2.62. The number of nitrogens with zero attached hydrogens (tertiary/aromatic N) is 6. The Morgan fingerprint density at radius 1 is 1.00 bits per heavy atom. The van der Waals surface area contributed by atoms with Gasteiger partial charge in [0.05, 0.1) is 5.69 Å². The fourth-order valence-electron chi connectivity index (χ4n) is 4.75. The minimum Gasteiger partial charge on any atom is -0.423 e. The predicted molar refractivity (Wildman–Crippen MR) is 135 cm³/mol. The molecule has 0 spiro atoms. The van der Waals surface area contributed by atoms with Gasteiger partial charge in [0.25, 0.3) is 5.91 Å². The van der Waals surface area contributed by atoms with Gasteiger partial charge in [-0.2, -0.15) is 5.10 Å². The van der Waals surface area contributed by atoms with Gasteiger partial charge < -0.3 is 19.8 Å². The van der Waals surface area contributed by atoms with Crippen LogP contribution in [0.25, 0.3) is 22.2 Å². The molecule has 0 unspecified atom stereocenters. The number of piperidine rings is 1. The van der Waals surface area contributed by atoms with Crippen molar-refractivity contribution >= 4 is 35.1 Å². The lowest BCUT2D eigenvalue weighted by Crippen LogP contribution is -2.46. The molecule has 178 valence electrons. The normalized spacial score (nSPS) is 14.3. The number of benzene rings is 2. The summed E-state index contributed by atoms with van der Waals surface area (Å²) in [5.74, 6) is 0.783. The molecule has 3 heterocycles. The Morgan fingerprint density at radius 2 is 1.69 bits per heavy atom. The number of carbonyl (C=O) groups excluding carboxylic acids is 1. The second-order valence-corrected chi connectivity index (χ2v) is 8.89. The number of rotatable bonds is 5. The molecule has 0 atom stereocenters. The van der Waals surface area contributed by atoms with Crippen molar-refractivity contribution in [2.45, 2.75) is 18.9 Å². The molecule has 5 rings (SSSR count). The Morgan fingerprint density at radius 3 is 2.31 bits per heavy atom. The van der Waals surface area contributed by atoms with Crippen molar-refractivity contribution in [2.75, 3.05) is 25.0 Å². The van der Waals surface area contributed by atoms with Crippen LogP contribution in [0.3, 0.4) is 0 Å². The van der Waals surface area contributed by atoms with Crippen LogP contribution in [-0.2, 0) is 7.05 Å². The fraction of sp³-hybridized carbons (Fsp3) is 0.280. The first-order valence-corrected chi connectivity index (χ1v) is 11.7. The number of amides is 1. The minimum atomic E-state index is -1.54. The third-order valence-corrected chi connectivity index (χ3v) is 6.82. The van der Waals surface area contributed by atoms with Gasteiger partial charge in [0, 0.05) is 55.8 Å². The number of carbonyl (C=O) groups is 1. The second kappa shape index (κ2) is 9.48. The highest BCUT2D eigenvalue weighted by atomic mass is 16.4. The van der Waals surface area contributed by atoms with Crippen molar-refractivity contribution in [2.24, 2.45) is 7.05 Å². The van der Waals surface area contributed by atoms with Crippen LogP contribution < -0.4 is 10.4 Å². The Balaban J connectivity index is 1.32. The average Bonchev–Trinajstić information content (AvgIpc) is 3.32. The third kappa shape index (κ3) is 4.38. The van der Waals surface area contributed by atoms with E-state index in [9.17, 15) is 14.8 Å². The summed E-state index contributed by atoms with van der Waals surface area (Å²) in [6, 6.07) is 16.6. The van der Waals surface area contributed by atoms with Gasteiger partial charge in [-0.1, -0.05) is 36.4 Å². The van der Waals surface area contributed by atoms with Gasteiger partial charge in [0.1, 0.15) is 5.69 Å². The molecule has 0 saturated carbocycles. The zero-order chi connectivity index (χ0) is 24.5. The Bertz CT molecular complexity index is 1350. The van der Waals surface area contributed by atoms with Crippen LogP contribution >= 0.6 is 0 Å². The largest absolute Gasteiger partial charge is 0.488 e. The maximum absolute atomic E-state index is 13.0. The molecule has 1 amide bonds. The lowest BCUT2D eigenvalue weighted by atomic mass is 9.80. The monoisotopic (exact) mass is 470 g/mol. The van der Waals surface area contributed by atoms with Gasteiger partial charge in [-0.15, -0.1) is 10.2 Å². The van der Waals surface area contributed by atoms with E-state index in [1.807, 2.05) is 32.3 Å². The number of anilines is 1. The Kier molecular flexibility index (Phi) is 6.23. The van der Waals surface area contributed by atoms with Crippen molar-refractivity contribution in [3.8, 4) is 11.4 Å². The van der Waals surface area contributed by atoms with Crippen molar-refractivity contribution < 1.29 is 14.8 Å². The zero-order valence-corrected chi connectivity index (χ0v) is 19.7. The molecule has 2 aromatic carbocycles. The van der Waals surface area contributed by atoms with Crippen LogP contribution in [0.4, 0.5) is 5.82 Å². The third-order valence-electron chi connectivity index (χ3n) is 6.82. The van der Waals surface area contributed by atoms with Gasteiger partial charge in [0.15, 0.2) is 5.82 Å². The summed E-state index contributed by atoms with van der Waals surface area (Å²) in [6.45, 7) is 1.53. The number of hydrogen-bond acceptors (Lipinski definition) is 7. The number of hydrogen-bond donors (Lipinski definition) is 2. The van der Waals surface area contributed by atoms with Gasteiger partial charge in [-0.25, -0.2) is 0 Å². The molecule has 10 heteroatoms. The molecule has 2 aromatic heterocycles. The first-order chi connectivity index (χ1) is 16.9. The van der Waals surface area contributed by atoms with E-state index in [2.05, 4.69) is 32.3 Å². The minimum absolute atomic E-state index is 0.0757. The van der Waals surface area contributed by atoms with Gasteiger partial charge >= 0.3 is 7.12 Å². The van der Waals surface area contributed by atoms with Crippen LogP contribution in [0.15, 0.2) is 60.8 Å². The topological polar surface area (TPSA) is 108 Å². The first-order valence-electron chi connectivity index (χ1n) is 11.7. The summed E-state index contributed by atoms with van der Waals surface area (Å²) >= 11 is 0. The smallest absolute Gasteiger partial charge is 0.423 e. The molecule has 1 fully saturated rings. The molecule has 1 aliphatic heterocycles. The Labute approximate surface area is 203 Å². The summed E-state index contributed by atoms with van der Waals surface area (Å²) in [5, 5.41) is 34.1. The summed E-state index contributed by atoms with van der Waals surface area (Å²) < 4.78 is 1.80. The molecule has 1 aliphatic rings. The van der Waals surface area contributed by atoms with Crippen molar-refractivity contribution in [3.05, 3.63) is 66.4 Å². The quantitative estimate of drug-likeness (QED) is 0.425. The molecular formula is C25H27BN6O3. The van der Waals surface area contributed by atoms with Gasteiger partial charge in [-0.05, 0) is 36.5 Å². The predicted octanol–water partition coefficient (Wildman–Crippen LogP) is 1.45. The van der Waals surface area contributed by atoms with E-state index in [0.29, 0.717) is 11.0 Å². The molecular weight excluding hydrogens is 443 g/mol. The molecule has 0 bridgehead atoms. The Hall–Kier alpha value is -3.76. The highest BCUT2D eigenvalue weighted by molar-refractivity contribution is 6.58. The number of aryl methyl sites for hydroxylation is 1. The van der Waals surface area contributed by atoms with Gasteiger partial charge in [-0.3, -0.25) is 9.48 Å². The molecule has 4 aromatic rings. The number of aromatic nitrogens is 4. The SMILES string of the molecule is CN(C(=O)c1ccc(B(O)O)cc1)C1CCN(c2nnc(-c3ccnn3C)c3ccccc23)CC1. The van der Waals surface area contributed by atoms with Crippen molar-refractivity contribution in [3.63, 3.8) is 0 Å². The maximum atomic E-state index is 13.0. The second-order valence-electron chi connectivity index (χ2n) is 8.89. The van der Waals surface area contributed by atoms with Crippen molar-refractivity contribution in [1.82, 2.24) is 24.9 Å². The lowest BCUT2D eigenvalue weighted by molar-refractivity contribution is 0.0709. The highest BCUT2D eigenvalue weighted by Gasteiger charge is 2.28. The van der Waals surface area contributed by atoms with Gasteiger partial charge in [0.2, 0.25) is 0 Å². The van der Waals surface area contributed by atoms with Crippen molar-refractivity contribution in [1.29, 1.82) is 0 Å². The van der Waals surface area contributed by atoms with E-state index in [0.717, 1.165) is 53.9 Å². The molecule has 2 N–H and O–H groups in total. The summed E-state index contributed by atoms with van der Waals surface area (Å²) in [6.07, 6.45) is 3.39. The van der Waals surface area contributed by atoms with E-state index in [-0.39, 0.29) is 11.9 Å². The lowest BCUT2D eigenvalue weighted by Gasteiger charge is -2.37. The molecule has 0 aliphatic carbocycles. The zero-order valence-electron chi connectivity index (χ0n) is 19.7. The van der Waals surface area contributed by atoms with E-state index in [4.69, 9.17) is 0 Å². The van der Waals surface area contributed by atoms with E-state index >= 15 is 0 Å². The van der Waals surface area contributed by atoms with Crippen LogP contribution in [0.5, 0.6) is 0 Å². The summed E-state index contributed by atoms with van der Waals surface area (Å²) in [7, 11) is 2.18. The van der Waals surface area contributed by atoms with Crippen LogP contribution in [0, 0.1) is 0 Å². The highest BCUT2D eigenvalue weighted by Crippen LogP contribution is 2.32. The van der Waals surface area contributed by atoms with Crippen LogP contribution in [-0.4, -0.2) is 74.1 Å². The standard InChI is InChI=1S/C25H27BN6O3/c1-30(25(33)17-7-9-18(10-8-17)26(34)35)19-12-15-32(16-13-19)24-21-6-4-3-5-20(21)23(28-29-24)22-11-14-27-31(22)2/h3-11,14,19,34-35H,12-13,15-16H2,1-2H3. The molecule has 1 saturated heterocycles. The first kappa shape index (κ1) is 23.0. The van der Waals surface area contributed by atoms with E-state index in [1.165, 1.54) is 0 Å². The fourth-order valence-corrected chi connectivity index (χ4v) is 4.75. The number of fused-ring (bicyclic) bond motifs is 1. The molecule has 9 nitrogen and oxygen atoms in total. The van der Waals surface area contributed by atoms with E-state index < -0.39 is 7.12 Å². The average molecular weight is 470 g/mol. The summed E-state index contributed by atoms with van der Waals surface area (Å²) in [4.78, 5) is 17.0.